The minimum absolute atomic E-state index is 0.0411. The molecule has 1 aromatic heterocycles. The van der Waals surface area contributed by atoms with Crippen molar-refractivity contribution < 1.29 is 15.3 Å². The van der Waals surface area contributed by atoms with E-state index in [0.717, 1.165) is 16.7 Å². The van der Waals surface area contributed by atoms with Crippen LogP contribution in [0.3, 0.4) is 0 Å². The first kappa shape index (κ1) is 19.4. The van der Waals surface area contributed by atoms with Gasteiger partial charge in [-0.2, -0.15) is 0 Å². The summed E-state index contributed by atoms with van der Waals surface area (Å²) < 4.78 is 0. The van der Waals surface area contributed by atoms with E-state index in [4.69, 9.17) is 0 Å². The van der Waals surface area contributed by atoms with E-state index in [1.165, 1.54) is 0 Å². The Morgan fingerprint density at radius 3 is 0.967 bits per heavy atom. The summed E-state index contributed by atoms with van der Waals surface area (Å²) in [6, 6.07) is 15.6. The Bertz CT molecular complexity index is 1100. The average Bonchev–Trinajstić information content (AvgIpc) is 2.67. The van der Waals surface area contributed by atoms with Gasteiger partial charge in [0.05, 0.1) is 16.7 Å². The molecule has 0 saturated carbocycles. The monoisotopic (exact) mass is 399 g/mol. The molecule has 0 unspecified atom stereocenters. The number of hydrogen-bond donors (Lipinski definition) is 3. The molecule has 3 N–H and O–H groups in total. The maximum atomic E-state index is 10.5. The molecule has 0 aliphatic heterocycles. The van der Waals surface area contributed by atoms with Gasteiger partial charge in [-0.25, -0.2) is 15.0 Å². The van der Waals surface area contributed by atoms with Gasteiger partial charge in [0, 0.05) is 0 Å². The lowest BCUT2D eigenvalue weighted by molar-refractivity contribution is 0.476. The van der Waals surface area contributed by atoms with Crippen LogP contribution in [0.15, 0.2) is 54.6 Å². The standard InChI is InChI=1S/C24H21N3O3/c1-13-4-7-16(19(28)10-13)22-25-23(17-8-5-14(2)11-20(17)29)27-24(26-22)18-9-6-15(3)12-21(18)30/h4-12,28-30H,1-3H3. The Labute approximate surface area is 174 Å². The second kappa shape index (κ2) is 7.48. The molecule has 150 valence electrons. The lowest BCUT2D eigenvalue weighted by Gasteiger charge is -2.11. The van der Waals surface area contributed by atoms with E-state index in [1.54, 1.807) is 36.4 Å². The van der Waals surface area contributed by atoms with Gasteiger partial charge >= 0.3 is 0 Å². The first-order valence-electron chi connectivity index (χ1n) is 9.48. The maximum Gasteiger partial charge on any atom is 0.167 e. The number of phenols is 3. The highest BCUT2D eigenvalue weighted by Gasteiger charge is 2.18. The molecule has 0 radical (unpaired) electrons. The number of aryl methyl sites for hydroxylation is 3. The van der Waals surface area contributed by atoms with Gasteiger partial charge in [-0.05, 0) is 73.9 Å². The van der Waals surface area contributed by atoms with Crippen LogP contribution in [0.4, 0.5) is 0 Å². The van der Waals surface area contributed by atoms with Crippen molar-refractivity contribution in [2.45, 2.75) is 20.8 Å². The van der Waals surface area contributed by atoms with Crippen LogP contribution in [-0.2, 0) is 0 Å². The normalized spacial score (nSPS) is 10.9. The van der Waals surface area contributed by atoms with E-state index in [0.29, 0.717) is 16.7 Å². The first-order chi connectivity index (χ1) is 14.3. The zero-order chi connectivity index (χ0) is 21.4. The predicted octanol–water partition coefficient (Wildman–Crippen LogP) is 4.91. The van der Waals surface area contributed by atoms with Crippen molar-refractivity contribution in [3.05, 3.63) is 71.3 Å². The van der Waals surface area contributed by atoms with E-state index in [2.05, 4.69) is 15.0 Å². The largest absolute Gasteiger partial charge is 0.507 e. The molecular formula is C24H21N3O3. The molecule has 1 heterocycles. The van der Waals surface area contributed by atoms with Crippen LogP contribution < -0.4 is 0 Å². The lowest BCUT2D eigenvalue weighted by atomic mass is 10.1. The van der Waals surface area contributed by atoms with E-state index in [1.807, 2.05) is 39.0 Å². The molecule has 30 heavy (non-hydrogen) atoms. The Morgan fingerprint density at radius 1 is 0.467 bits per heavy atom. The van der Waals surface area contributed by atoms with Crippen molar-refractivity contribution in [1.82, 2.24) is 15.0 Å². The highest BCUT2D eigenvalue weighted by Crippen LogP contribution is 2.35. The SMILES string of the molecule is Cc1ccc(-c2nc(-c3ccc(C)cc3O)nc(-c3ccc(C)cc3O)n2)c(O)c1. The molecule has 0 atom stereocenters. The van der Waals surface area contributed by atoms with Gasteiger partial charge in [0.2, 0.25) is 0 Å². The van der Waals surface area contributed by atoms with Gasteiger partial charge < -0.3 is 15.3 Å². The summed E-state index contributed by atoms with van der Waals surface area (Å²) in [6.45, 7) is 5.63. The fraction of sp³-hybridized carbons (Fsp3) is 0.125. The molecule has 0 fully saturated rings. The topological polar surface area (TPSA) is 99.4 Å². The minimum atomic E-state index is 0.0411. The second-order valence-corrected chi connectivity index (χ2v) is 7.37. The highest BCUT2D eigenvalue weighted by atomic mass is 16.3. The average molecular weight is 399 g/mol. The molecule has 6 heteroatoms. The Morgan fingerprint density at radius 2 is 0.733 bits per heavy atom. The molecule has 3 aromatic carbocycles. The lowest BCUT2D eigenvalue weighted by Crippen LogP contribution is -2.01. The summed E-state index contributed by atoms with van der Waals surface area (Å²) in [5.74, 6) is 0.852. The van der Waals surface area contributed by atoms with Gasteiger partial charge in [-0.15, -0.1) is 0 Å². The van der Waals surface area contributed by atoms with E-state index in [9.17, 15) is 15.3 Å². The van der Waals surface area contributed by atoms with Gasteiger partial charge in [-0.3, -0.25) is 0 Å². The number of aromatic hydroxyl groups is 3. The molecule has 0 aliphatic carbocycles. The predicted molar refractivity (Wildman–Crippen MR) is 115 cm³/mol. The van der Waals surface area contributed by atoms with Crippen molar-refractivity contribution in [2.24, 2.45) is 0 Å². The van der Waals surface area contributed by atoms with Gasteiger partial charge in [-0.1, -0.05) is 18.2 Å². The third kappa shape index (κ3) is 3.67. The molecular weight excluding hydrogens is 378 g/mol. The van der Waals surface area contributed by atoms with Crippen LogP contribution in [0, 0.1) is 20.8 Å². The summed E-state index contributed by atoms with van der Waals surface area (Å²) in [4.78, 5) is 13.5. The van der Waals surface area contributed by atoms with Gasteiger partial charge in [0.1, 0.15) is 17.2 Å². The van der Waals surface area contributed by atoms with Crippen LogP contribution >= 0.6 is 0 Å². The van der Waals surface area contributed by atoms with Crippen molar-refractivity contribution in [1.29, 1.82) is 0 Å². The quantitative estimate of drug-likeness (QED) is 0.452. The van der Waals surface area contributed by atoms with Crippen molar-refractivity contribution >= 4 is 0 Å². The summed E-state index contributed by atoms with van der Waals surface area (Å²) in [6.07, 6.45) is 0. The summed E-state index contributed by atoms with van der Waals surface area (Å²) in [5.41, 5.74) is 4.01. The molecule has 4 aromatic rings. The number of phenolic OH excluding ortho intramolecular Hbond substituents is 3. The number of nitrogens with zero attached hydrogens (tertiary/aromatic N) is 3. The van der Waals surface area contributed by atoms with Gasteiger partial charge in [0.25, 0.3) is 0 Å². The fourth-order valence-corrected chi connectivity index (χ4v) is 3.23. The molecule has 0 saturated heterocycles. The fourth-order valence-electron chi connectivity index (χ4n) is 3.23. The molecule has 6 nitrogen and oxygen atoms in total. The maximum absolute atomic E-state index is 10.5. The molecule has 0 spiro atoms. The number of aromatic nitrogens is 3. The smallest absolute Gasteiger partial charge is 0.167 e. The Hall–Kier alpha value is -3.93. The Balaban J connectivity index is 1.98. The molecule has 4 rings (SSSR count). The van der Waals surface area contributed by atoms with Crippen molar-refractivity contribution in [3.63, 3.8) is 0 Å². The van der Waals surface area contributed by atoms with E-state index >= 15 is 0 Å². The van der Waals surface area contributed by atoms with E-state index in [-0.39, 0.29) is 34.7 Å². The zero-order valence-corrected chi connectivity index (χ0v) is 16.9. The third-order valence-corrected chi connectivity index (χ3v) is 4.82. The molecule has 0 bridgehead atoms. The van der Waals surface area contributed by atoms with Crippen LogP contribution in [0.5, 0.6) is 17.2 Å². The van der Waals surface area contributed by atoms with Crippen LogP contribution in [0.25, 0.3) is 34.2 Å². The van der Waals surface area contributed by atoms with Crippen LogP contribution in [-0.4, -0.2) is 30.3 Å². The third-order valence-electron chi connectivity index (χ3n) is 4.82. The molecule has 0 amide bonds. The van der Waals surface area contributed by atoms with Gasteiger partial charge in [0.15, 0.2) is 17.5 Å². The van der Waals surface area contributed by atoms with E-state index < -0.39 is 0 Å². The van der Waals surface area contributed by atoms with Crippen LogP contribution in [0.2, 0.25) is 0 Å². The highest BCUT2D eigenvalue weighted by molar-refractivity contribution is 5.73. The summed E-state index contributed by atoms with van der Waals surface area (Å²) >= 11 is 0. The van der Waals surface area contributed by atoms with Crippen molar-refractivity contribution in [3.8, 4) is 51.4 Å². The zero-order valence-electron chi connectivity index (χ0n) is 16.9. The second-order valence-electron chi connectivity index (χ2n) is 7.37. The minimum Gasteiger partial charge on any atom is -0.507 e. The van der Waals surface area contributed by atoms with Crippen molar-refractivity contribution in [2.75, 3.05) is 0 Å². The Kier molecular flexibility index (Phi) is 4.83. The number of rotatable bonds is 3. The van der Waals surface area contributed by atoms with Crippen LogP contribution in [0.1, 0.15) is 16.7 Å². The summed E-state index contributed by atoms with van der Waals surface area (Å²) in [7, 11) is 0. The number of hydrogen-bond acceptors (Lipinski definition) is 6. The number of benzene rings is 3. The first-order valence-corrected chi connectivity index (χ1v) is 9.48. The molecule has 0 aliphatic rings. The summed E-state index contributed by atoms with van der Waals surface area (Å²) in [5, 5.41) is 31.4.